The van der Waals surface area contributed by atoms with Crippen LogP contribution in [0.25, 0.3) is 0 Å². The second kappa shape index (κ2) is 5.03. The summed E-state index contributed by atoms with van der Waals surface area (Å²) in [6.45, 7) is 7.26. The number of nitrogens with one attached hydrogen (secondary N) is 1. The molecule has 1 aromatic heterocycles. The van der Waals surface area contributed by atoms with E-state index in [0.717, 1.165) is 0 Å². The maximum Gasteiger partial charge on any atom is 0.227 e. The van der Waals surface area contributed by atoms with Crippen molar-refractivity contribution in [2.45, 2.75) is 26.3 Å². The number of anilines is 1. The van der Waals surface area contributed by atoms with Gasteiger partial charge in [-0.05, 0) is 20.8 Å². The Hall–Kier alpha value is -1.85. The number of hydrogen-bond acceptors (Lipinski definition) is 5. The smallest absolute Gasteiger partial charge is 0.227 e. The average molecular weight is 264 g/mol. The molecule has 1 aliphatic rings. The molecule has 1 N–H and O–H groups in total. The first kappa shape index (κ1) is 13.6. The van der Waals surface area contributed by atoms with Crippen LogP contribution in [0.3, 0.4) is 0 Å². The number of carbonyl (C=O) groups excluding carboxylic acids is 1. The molecule has 1 aliphatic heterocycles. The highest BCUT2D eigenvalue weighted by atomic mass is 16.5. The monoisotopic (exact) mass is 264 g/mol. The van der Waals surface area contributed by atoms with Crippen molar-refractivity contribution in [2.24, 2.45) is 5.92 Å². The van der Waals surface area contributed by atoms with E-state index in [-0.39, 0.29) is 17.4 Å². The molecule has 0 unspecified atom stereocenters. The molecule has 1 aromatic rings. The number of nitrogens with zero attached hydrogens (tertiary/aromatic N) is 3. The Balaban J connectivity index is 1.87. The molecule has 0 atom stereocenters. The fourth-order valence-electron chi connectivity index (χ4n) is 1.86. The van der Waals surface area contributed by atoms with Gasteiger partial charge in [0, 0.05) is 18.6 Å². The quantitative estimate of drug-likeness (QED) is 0.876. The van der Waals surface area contributed by atoms with Crippen molar-refractivity contribution in [2.75, 3.05) is 25.1 Å². The molecule has 2 rings (SSSR count). The summed E-state index contributed by atoms with van der Waals surface area (Å²) in [5, 5.41) is 2.98. The van der Waals surface area contributed by atoms with Crippen LogP contribution in [0.2, 0.25) is 0 Å². The van der Waals surface area contributed by atoms with Gasteiger partial charge in [0.2, 0.25) is 11.9 Å². The lowest BCUT2D eigenvalue weighted by molar-refractivity contribution is -0.127. The van der Waals surface area contributed by atoms with Gasteiger partial charge in [-0.25, -0.2) is 9.97 Å². The van der Waals surface area contributed by atoms with Crippen LogP contribution in [-0.4, -0.2) is 41.6 Å². The summed E-state index contributed by atoms with van der Waals surface area (Å²) in [7, 11) is 1.58. The molecular weight excluding hydrogens is 244 g/mol. The zero-order chi connectivity index (χ0) is 14.0. The highest BCUT2D eigenvalue weighted by Crippen LogP contribution is 2.22. The summed E-state index contributed by atoms with van der Waals surface area (Å²) in [5.41, 5.74) is -0.186. The Kier molecular flexibility index (Phi) is 3.59. The number of hydrogen-bond donors (Lipinski definition) is 1. The first-order valence-electron chi connectivity index (χ1n) is 6.32. The Morgan fingerprint density at radius 1 is 1.37 bits per heavy atom. The van der Waals surface area contributed by atoms with Crippen LogP contribution in [-0.2, 0) is 4.79 Å². The van der Waals surface area contributed by atoms with Crippen LogP contribution < -0.4 is 15.0 Å². The Bertz CT molecular complexity index is 447. The van der Waals surface area contributed by atoms with Crippen LogP contribution in [0.4, 0.5) is 5.95 Å². The number of carbonyl (C=O) groups is 1. The van der Waals surface area contributed by atoms with E-state index in [9.17, 15) is 4.79 Å². The van der Waals surface area contributed by atoms with Gasteiger partial charge in [-0.2, -0.15) is 0 Å². The summed E-state index contributed by atoms with van der Waals surface area (Å²) in [4.78, 5) is 22.3. The van der Waals surface area contributed by atoms with E-state index in [1.165, 1.54) is 0 Å². The van der Waals surface area contributed by atoms with Gasteiger partial charge in [-0.3, -0.25) is 4.79 Å². The minimum absolute atomic E-state index is 0.0185. The fraction of sp³-hybridized carbons (Fsp3) is 0.615. The predicted molar refractivity (Wildman–Crippen MR) is 72.2 cm³/mol. The highest BCUT2D eigenvalue weighted by molar-refractivity contribution is 5.82. The van der Waals surface area contributed by atoms with Gasteiger partial charge in [0.05, 0.1) is 25.4 Å². The molecule has 1 fully saturated rings. The van der Waals surface area contributed by atoms with Crippen LogP contribution in [0, 0.1) is 5.92 Å². The Morgan fingerprint density at radius 2 is 1.95 bits per heavy atom. The largest absolute Gasteiger partial charge is 0.494 e. The molecule has 19 heavy (non-hydrogen) atoms. The second-order valence-electron chi connectivity index (χ2n) is 5.76. The molecule has 2 heterocycles. The standard InChI is InChI=1S/C13H20N4O2/c1-13(2,3)16-11(18)9-7-17(8-9)12-14-5-10(19-4)6-15-12/h5-6,9H,7-8H2,1-4H3,(H,16,18). The minimum atomic E-state index is -0.186. The van der Waals surface area contributed by atoms with Gasteiger partial charge >= 0.3 is 0 Å². The molecule has 6 heteroatoms. The third kappa shape index (κ3) is 3.33. The molecule has 0 aromatic carbocycles. The summed E-state index contributed by atoms with van der Waals surface area (Å²) in [5.74, 6) is 1.38. The minimum Gasteiger partial charge on any atom is -0.494 e. The molecule has 1 saturated heterocycles. The van der Waals surface area contributed by atoms with Crippen molar-refractivity contribution < 1.29 is 9.53 Å². The highest BCUT2D eigenvalue weighted by Gasteiger charge is 2.35. The normalized spacial score (nSPS) is 15.9. The van der Waals surface area contributed by atoms with Gasteiger partial charge in [-0.1, -0.05) is 0 Å². The van der Waals surface area contributed by atoms with Crippen molar-refractivity contribution in [3.8, 4) is 5.75 Å². The molecule has 0 radical (unpaired) electrons. The van der Waals surface area contributed by atoms with Crippen LogP contribution in [0.15, 0.2) is 12.4 Å². The van der Waals surface area contributed by atoms with E-state index >= 15 is 0 Å². The number of ether oxygens (including phenoxy) is 1. The lowest BCUT2D eigenvalue weighted by Crippen LogP contribution is -2.57. The molecule has 104 valence electrons. The number of rotatable bonds is 3. The van der Waals surface area contributed by atoms with Crippen LogP contribution in [0.5, 0.6) is 5.75 Å². The lowest BCUT2D eigenvalue weighted by atomic mass is 9.98. The third-order valence-corrected chi connectivity index (χ3v) is 2.88. The van der Waals surface area contributed by atoms with Crippen molar-refractivity contribution >= 4 is 11.9 Å². The maximum atomic E-state index is 11.9. The molecule has 6 nitrogen and oxygen atoms in total. The summed E-state index contributed by atoms with van der Waals surface area (Å²) in [6, 6.07) is 0. The van der Waals surface area contributed by atoms with Crippen molar-refractivity contribution in [3.05, 3.63) is 12.4 Å². The molecule has 1 amide bonds. The van der Waals surface area contributed by atoms with Crippen molar-refractivity contribution in [1.29, 1.82) is 0 Å². The van der Waals surface area contributed by atoms with Crippen LogP contribution in [0.1, 0.15) is 20.8 Å². The first-order chi connectivity index (χ1) is 8.89. The van der Waals surface area contributed by atoms with Crippen molar-refractivity contribution in [3.63, 3.8) is 0 Å². The predicted octanol–water partition coefficient (Wildman–Crippen LogP) is 0.836. The zero-order valence-electron chi connectivity index (χ0n) is 11.8. The summed E-state index contributed by atoms with van der Waals surface area (Å²) in [6.07, 6.45) is 3.26. The molecular formula is C13H20N4O2. The third-order valence-electron chi connectivity index (χ3n) is 2.88. The second-order valence-corrected chi connectivity index (χ2v) is 5.76. The zero-order valence-corrected chi connectivity index (χ0v) is 11.8. The van der Waals surface area contributed by atoms with Crippen molar-refractivity contribution in [1.82, 2.24) is 15.3 Å². The van der Waals surface area contributed by atoms with Crippen LogP contribution >= 0.6 is 0 Å². The van der Waals surface area contributed by atoms with E-state index in [1.807, 2.05) is 25.7 Å². The Labute approximate surface area is 113 Å². The van der Waals surface area contributed by atoms with Gasteiger partial charge in [0.15, 0.2) is 5.75 Å². The van der Waals surface area contributed by atoms with Gasteiger partial charge in [0.1, 0.15) is 0 Å². The number of methoxy groups -OCH3 is 1. The van der Waals surface area contributed by atoms with Gasteiger partial charge in [0.25, 0.3) is 0 Å². The maximum absolute atomic E-state index is 11.9. The number of aromatic nitrogens is 2. The Morgan fingerprint density at radius 3 is 2.42 bits per heavy atom. The van der Waals surface area contributed by atoms with Gasteiger partial charge < -0.3 is 15.0 Å². The molecule has 0 aliphatic carbocycles. The van der Waals surface area contributed by atoms with E-state index in [1.54, 1.807) is 19.5 Å². The van der Waals surface area contributed by atoms with Gasteiger partial charge in [-0.15, -0.1) is 0 Å². The molecule has 0 bridgehead atoms. The number of amides is 1. The topological polar surface area (TPSA) is 67.3 Å². The van der Waals surface area contributed by atoms with E-state index in [2.05, 4.69) is 15.3 Å². The summed E-state index contributed by atoms with van der Waals surface area (Å²) < 4.78 is 5.01. The SMILES string of the molecule is COc1cnc(N2CC(C(=O)NC(C)(C)C)C2)nc1. The molecule has 0 spiro atoms. The first-order valence-corrected chi connectivity index (χ1v) is 6.32. The molecule has 0 saturated carbocycles. The van der Waals surface area contributed by atoms with E-state index in [4.69, 9.17) is 4.74 Å². The average Bonchev–Trinajstić information content (AvgIpc) is 2.25. The van der Waals surface area contributed by atoms with E-state index in [0.29, 0.717) is 24.8 Å². The lowest BCUT2D eigenvalue weighted by Gasteiger charge is -2.39. The fourth-order valence-corrected chi connectivity index (χ4v) is 1.86. The van der Waals surface area contributed by atoms with E-state index < -0.39 is 0 Å². The summed E-state index contributed by atoms with van der Waals surface area (Å²) >= 11 is 0.